The number of fused-ring (bicyclic) bond motifs is 1. The Bertz CT molecular complexity index is 986. The molecule has 2 aromatic carbocycles. The summed E-state index contributed by atoms with van der Waals surface area (Å²) in [5.41, 5.74) is 0.907. The molecule has 3 rings (SSSR count). The Balaban J connectivity index is 1.88. The van der Waals surface area contributed by atoms with E-state index in [0.717, 1.165) is 15.6 Å². The third-order valence-electron chi connectivity index (χ3n) is 4.27. The molecule has 0 radical (unpaired) electrons. The molecule has 1 atom stereocenters. The molecule has 1 aromatic heterocycles. The van der Waals surface area contributed by atoms with Crippen LogP contribution in [0, 0.1) is 0 Å². The number of methoxy groups -OCH3 is 3. The predicted octanol–water partition coefficient (Wildman–Crippen LogP) is 5.07. The molecule has 0 saturated heterocycles. The highest BCUT2D eigenvalue weighted by Gasteiger charge is 2.21. The van der Waals surface area contributed by atoms with E-state index in [0.29, 0.717) is 27.1 Å². The van der Waals surface area contributed by atoms with Crippen molar-refractivity contribution >= 4 is 38.9 Å². The molecule has 0 unspecified atom stereocenters. The molecule has 5 nitrogen and oxygen atoms in total. The molecule has 1 amide bonds. The van der Waals surface area contributed by atoms with Crippen LogP contribution in [0.2, 0.25) is 5.02 Å². The highest BCUT2D eigenvalue weighted by Crippen LogP contribution is 2.39. The number of nitrogens with one attached hydrogen (secondary N) is 1. The molecular weight excluding hydrogens is 386 g/mol. The summed E-state index contributed by atoms with van der Waals surface area (Å²) in [6.07, 6.45) is 0. The molecule has 3 aromatic rings. The van der Waals surface area contributed by atoms with Gasteiger partial charge in [-0.1, -0.05) is 17.7 Å². The van der Waals surface area contributed by atoms with Gasteiger partial charge in [0.25, 0.3) is 5.91 Å². The molecule has 0 fully saturated rings. The van der Waals surface area contributed by atoms with Crippen molar-refractivity contribution in [2.75, 3.05) is 21.3 Å². The molecule has 0 saturated carbocycles. The normalized spacial score (nSPS) is 11.9. The van der Waals surface area contributed by atoms with Crippen LogP contribution in [0.3, 0.4) is 0 Å². The molecule has 1 heterocycles. The van der Waals surface area contributed by atoms with Crippen molar-refractivity contribution in [2.24, 2.45) is 0 Å². The van der Waals surface area contributed by atoms with Crippen molar-refractivity contribution in [1.82, 2.24) is 5.32 Å². The lowest BCUT2D eigenvalue weighted by Crippen LogP contribution is -2.26. The Morgan fingerprint density at radius 1 is 1.04 bits per heavy atom. The number of hydrogen-bond donors (Lipinski definition) is 1. The van der Waals surface area contributed by atoms with Crippen LogP contribution in [0.5, 0.6) is 17.2 Å². The Morgan fingerprint density at radius 3 is 2.44 bits per heavy atom. The highest BCUT2D eigenvalue weighted by atomic mass is 35.5. The molecular formula is C20H20ClNO4S. The van der Waals surface area contributed by atoms with Gasteiger partial charge in [-0.15, -0.1) is 11.3 Å². The fourth-order valence-corrected chi connectivity index (χ4v) is 4.09. The number of benzene rings is 2. The topological polar surface area (TPSA) is 56.8 Å². The minimum Gasteiger partial charge on any atom is -0.494 e. The highest BCUT2D eigenvalue weighted by molar-refractivity contribution is 7.21. The first kappa shape index (κ1) is 19.3. The van der Waals surface area contributed by atoms with Crippen molar-refractivity contribution < 1.29 is 19.0 Å². The first-order chi connectivity index (χ1) is 13.0. The number of carbonyl (C=O) groups excluding carboxylic acids is 1. The zero-order valence-corrected chi connectivity index (χ0v) is 17.0. The third-order valence-corrected chi connectivity index (χ3v) is 5.66. The van der Waals surface area contributed by atoms with E-state index in [9.17, 15) is 4.79 Å². The minimum atomic E-state index is -0.226. The smallest absolute Gasteiger partial charge is 0.265 e. The van der Waals surface area contributed by atoms with Crippen LogP contribution in [0.15, 0.2) is 36.4 Å². The van der Waals surface area contributed by atoms with Crippen LogP contribution in [-0.2, 0) is 0 Å². The van der Waals surface area contributed by atoms with Gasteiger partial charge in [0.05, 0.1) is 27.4 Å². The summed E-state index contributed by atoms with van der Waals surface area (Å²) in [5, 5.41) is 4.45. The molecule has 1 N–H and O–H groups in total. The zero-order valence-electron chi connectivity index (χ0n) is 15.5. The van der Waals surface area contributed by atoms with E-state index in [1.807, 2.05) is 31.2 Å². The summed E-state index contributed by atoms with van der Waals surface area (Å²) < 4.78 is 17.0. The SMILES string of the molecule is COc1ccc([C@H](C)NC(=O)c2sc3ccc(Cl)cc3c2OC)cc1OC. The van der Waals surface area contributed by atoms with Gasteiger partial charge in [-0.3, -0.25) is 4.79 Å². The zero-order chi connectivity index (χ0) is 19.6. The second-order valence-corrected chi connectivity index (χ2v) is 7.40. The number of thiophene rings is 1. The Hall–Kier alpha value is -2.44. The maximum absolute atomic E-state index is 12.9. The third kappa shape index (κ3) is 3.82. The summed E-state index contributed by atoms with van der Waals surface area (Å²) in [6.45, 7) is 1.91. The number of halogens is 1. The van der Waals surface area contributed by atoms with Crippen molar-refractivity contribution in [2.45, 2.75) is 13.0 Å². The first-order valence-corrected chi connectivity index (χ1v) is 9.46. The van der Waals surface area contributed by atoms with Crippen molar-refractivity contribution in [1.29, 1.82) is 0 Å². The fraction of sp³-hybridized carbons (Fsp3) is 0.250. The van der Waals surface area contributed by atoms with Crippen LogP contribution in [-0.4, -0.2) is 27.2 Å². The lowest BCUT2D eigenvalue weighted by molar-refractivity contribution is 0.0941. The van der Waals surface area contributed by atoms with Gasteiger partial charge >= 0.3 is 0 Å². The van der Waals surface area contributed by atoms with Crippen LogP contribution < -0.4 is 19.5 Å². The Labute approximate surface area is 166 Å². The average molecular weight is 406 g/mol. The van der Waals surface area contributed by atoms with Crippen LogP contribution >= 0.6 is 22.9 Å². The quantitative estimate of drug-likeness (QED) is 0.621. The van der Waals surface area contributed by atoms with E-state index in [1.165, 1.54) is 11.3 Å². The Kier molecular flexibility index (Phi) is 5.77. The summed E-state index contributed by atoms with van der Waals surface area (Å²) in [6, 6.07) is 10.8. The second kappa shape index (κ2) is 8.06. The van der Waals surface area contributed by atoms with Gasteiger partial charge in [0, 0.05) is 15.1 Å². The van der Waals surface area contributed by atoms with E-state index in [-0.39, 0.29) is 11.9 Å². The van der Waals surface area contributed by atoms with E-state index in [4.69, 9.17) is 25.8 Å². The largest absolute Gasteiger partial charge is 0.494 e. The van der Waals surface area contributed by atoms with Crippen LogP contribution in [0.25, 0.3) is 10.1 Å². The van der Waals surface area contributed by atoms with Gasteiger partial charge in [-0.05, 0) is 42.8 Å². The predicted molar refractivity (Wildman–Crippen MR) is 109 cm³/mol. The summed E-state index contributed by atoms with van der Waals surface area (Å²) in [4.78, 5) is 13.4. The van der Waals surface area contributed by atoms with Crippen molar-refractivity contribution in [3.63, 3.8) is 0 Å². The number of rotatable bonds is 6. The lowest BCUT2D eigenvalue weighted by Gasteiger charge is -2.16. The molecule has 142 valence electrons. The fourth-order valence-electron chi connectivity index (χ4n) is 2.87. The van der Waals surface area contributed by atoms with Gasteiger partial charge < -0.3 is 19.5 Å². The molecule has 0 bridgehead atoms. The monoisotopic (exact) mass is 405 g/mol. The van der Waals surface area contributed by atoms with Gasteiger partial charge in [-0.25, -0.2) is 0 Å². The number of hydrogen-bond acceptors (Lipinski definition) is 5. The van der Waals surface area contributed by atoms with Gasteiger partial charge in [-0.2, -0.15) is 0 Å². The van der Waals surface area contributed by atoms with Crippen molar-refractivity contribution in [3.8, 4) is 17.2 Å². The summed E-state index contributed by atoms with van der Waals surface area (Å²) in [5.74, 6) is 1.59. The molecule has 0 aliphatic rings. The number of amides is 1. The van der Waals surface area contributed by atoms with Crippen LogP contribution in [0.4, 0.5) is 0 Å². The molecule has 0 aliphatic heterocycles. The first-order valence-electron chi connectivity index (χ1n) is 8.27. The maximum atomic E-state index is 12.9. The summed E-state index contributed by atoms with van der Waals surface area (Å²) >= 11 is 7.46. The number of ether oxygens (including phenoxy) is 3. The Morgan fingerprint density at radius 2 is 1.78 bits per heavy atom. The van der Waals surface area contributed by atoms with E-state index >= 15 is 0 Å². The number of carbonyl (C=O) groups is 1. The molecule has 0 aliphatic carbocycles. The lowest BCUT2D eigenvalue weighted by atomic mass is 10.1. The molecule has 7 heteroatoms. The van der Waals surface area contributed by atoms with Crippen LogP contribution in [0.1, 0.15) is 28.2 Å². The average Bonchev–Trinajstić information content (AvgIpc) is 3.05. The molecule has 27 heavy (non-hydrogen) atoms. The standard InChI is InChI=1S/C20H20ClNO4S/c1-11(12-5-7-15(24-2)16(9-12)25-3)22-20(23)19-18(26-4)14-10-13(21)6-8-17(14)27-19/h5-11H,1-4H3,(H,22,23)/t11-/m0/s1. The maximum Gasteiger partial charge on any atom is 0.265 e. The molecule has 0 spiro atoms. The van der Waals surface area contributed by atoms with E-state index in [1.54, 1.807) is 33.5 Å². The van der Waals surface area contributed by atoms with Crippen molar-refractivity contribution in [3.05, 3.63) is 51.9 Å². The second-order valence-electron chi connectivity index (χ2n) is 5.91. The van der Waals surface area contributed by atoms with Gasteiger partial charge in [0.2, 0.25) is 0 Å². The van der Waals surface area contributed by atoms with Gasteiger partial charge in [0.15, 0.2) is 11.5 Å². The van der Waals surface area contributed by atoms with Gasteiger partial charge in [0.1, 0.15) is 10.6 Å². The van der Waals surface area contributed by atoms with E-state index in [2.05, 4.69) is 5.32 Å². The van der Waals surface area contributed by atoms with E-state index < -0.39 is 0 Å². The summed E-state index contributed by atoms with van der Waals surface area (Å²) in [7, 11) is 4.72. The minimum absolute atomic E-state index is 0.202.